The third-order valence-corrected chi connectivity index (χ3v) is 5.67. The van der Waals surface area contributed by atoms with Gasteiger partial charge in [0.1, 0.15) is 5.82 Å². The number of halogens is 2. The molecule has 1 heterocycles. The Kier molecular flexibility index (Phi) is 5.95. The SMILES string of the molecule is O=C(Cc1ccc(F)cc1)NC1CCC(Nc2ccnc3cc(Cl)ccc23)CC1. The van der Waals surface area contributed by atoms with E-state index >= 15 is 0 Å². The van der Waals surface area contributed by atoms with E-state index in [2.05, 4.69) is 15.6 Å². The van der Waals surface area contributed by atoms with Crippen LogP contribution >= 0.6 is 11.6 Å². The Morgan fingerprint density at radius 3 is 2.52 bits per heavy atom. The van der Waals surface area contributed by atoms with Crippen LogP contribution in [-0.4, -0.2) is 23.0 Å². The van der Waals surface area contributed by atoms with Gasteiger partial charge in [-0.15, -0.1) is 0 Å². The van der Waals surface area contributed by atoms with Gasteiger partial charge >= 0.3 is 0 Å². The number of rotatable bonds is 5. The molecule has 0 bridgehead atoms. The first-order valence-corrected chi connectivity index (χ1v) is 10.3. The van der Waals surface area contributed by atoms with Crippen molar-refractivity contribution in [3.63, 3.8) is 0 Å². The minimum absolute atomic E-state index is 0.00924. The summed E-state index contributed by atoms with van der Waals surface area (Å²) in [7, 11) is 0. The van der Waals surface area contributed by atoms with E-state index in [9.17, 15) is 9.18 Å². The number of nitrogens with zero attached hydrogens (tertiary/aromatic N) is 1. The van der Waals surface area contributed by atoms with Crippen molar-refractivity contribution in [1.82, 2.24) is 10.3 Å². The monoisotopic (exact) mass is 411 g/mol. The van der Waals surface area contributed by atoms with Gasteiger partial charge in [-0.1, -0.05) is 23.7 Å². The molecule has 1 aliphatic rings. The molecule has 1 aliphatic carbocycles. The lowest BCUT2D eigenvalue weighted by Gasteiger charge is -2.30. The number of fused-ring (bicyclic) bond motifs is 1. The fraction of sp³-hybridized carbons (Fsp3) is 0.304. The van der Waals surface area contributed by atoms with Gasteiger partial charge in [0.25, 0.3) is 0 Å². The van der Waals surface area contributed by atoms with Crippen molar-refractivity contribution >= 4 is 34.1 Å². The summed E-state index contributed by atoms with van der Waals surface area (Å²) in [6.45, 7) is 0. The van der Waals surface area contributed by atoms with Crippen LogP contribution in [0, 0.1) is 5.82 Å². The molecule has 6 heteroatoms. The van der Waals surface area contributed by atoms with E-state index in [0.29, 0.717) is 11.1 Å². The number of pyridine rings is 1. The predicted molar refractivity (Wildman–Crippen MR) is 115 cm³/mol. The average molecular weight is 412 g/mol. The van der Waals surface area contributed by atoms with Crippen LogP contribution in [-0.2, 0) is 11.2 Å². The highest BCUT2D eigenvalue weighted by atomic mass is 35.5. The predicted octanol–water partition coefficient (Wildman–Crippen LogP) is 5.11. The van der Waals surface area contributed by atoms with Crippen molar-refractivity contribution in [2.24, 2.45) is 0 Å². The number of carbonyl (C=O) groups excluding carboxylic acids is 1. The molecule has 0 radical (unpaired) electrons. The fourth-order valence-electron chi connectivity index (χ4n) is 3.92. The lowest BCUT2D eigenvalue weighted by molar-refractivity contribution is -0.121. The first kappa shape index (κ1) is 19.6. The number of carbonyl (C=O) groups is 1. The Hall–Kier alpha value is -2.66. The topological polar surface area (TPSA) is 54.0 Å². The van der Waals surface area contributed by atoms with Crippen molar-refractivity contribution in [1.29, 1.82) is 0 Å². The highest BCUT2D eigenvalue weighted by Gasteiger charge is 2.22. The third-order valence-electron chi connectivity index (χ3n) is 5.43. The highest BCUT2D eigenvalue weighted by Crippen LogP contribution is 2.28. The average Bonchev–Trinajstić information content (AvgIpc) is 2.71. The number of hydrogen-bond acceptors (Lipinski definition) is 3. The van der Waals surface area contributed by atoms with Crippen LogP contribution in [0.3, 0.4) is 0 Å². The van der Waals surface area contributed by atoms with Crippen molar-refractivity contribution < 1.29 is 9.18 Å². The number of benzene rings is 2. The fourth-order valence-corrected chi connectivity index (χ4v) is 4.08. The Morgan fingerprint density at radius 1 is 1.03 bits per heavy atom. The molecule has 2 aromatic carbocycles. The zero-order valence-corrected chi connectivity index (χ0v) is 16.8. The Bertz CT molecular complexity index is 1000. The molecule has 4 nitrogen and oxygen atoms in total. The molecule has 1 fully saturated rings. The lowest BCUT2D eigenvalue weighted by atomic mass is 9.90. The van der Waals surface area contributed by atoms with E-state index in [4.69, 9.17) is 11.6 Å². The second kappa shape index (κ2) is 8.78. The van der Waals surface area contributed by atoms with Crippen LogP contribution in [0.1, 0.15) is 31.2 Å². The molecule has 0 aliphatic heterocycles. The molecule has 0 spiro atoms. The molecule has 0 saturated heterocycles. The normalized spacial score (nSPS) is 19.1. The van der Waals surface area contributed by atoms with Crippen molar-refractivity contribution in [3.8, 4) is 0 Å². The summed E-state index contributed by atoms with van der Waals surface area (Å²) in [6, 6.07) is 14.4. The number of anilines is 1. The number of aromatic nitrogens is 1. The largest absolute Gasteiger partial charge is 0.382 e. The second-order valence-electron chi connectivity index (χ2n) is 7.58. The van der Waals surface area contributed by atoms with Crippen molar-refractivity contribution in [2.75, 3.05) is 5.32 Å². The van der Waals surface area contributed by atoms with E-state index in [-0.39, 0.29) is 24.2 Å². The second-order valence-corrected chi connectivity index (χ2v) is 8.02. The zero-order chi connectivity index (χ0) is 20.2. The van der Waals surface area contributed by atoms with Crippen LogP contribution in [0.25, 0.3) is 10.9 Å². The van der Waals surface area contributed by atoms with E-state index in [1.54, 1.807) is 18.3 Å². The highest BCUT2D eigenvalue weighted by molar-refractivity contribution is 6.31. The summed E-state index contributed by atoms with van der Waals surface area (Å²) < 4.78 is 13.0. The van der Waals surface area contributed by atoms with Crippen molar-refractivity contribution in [2.45, 2.75) is 44.2 Å². The quantitative estimate of drug-likeness (QED) is 0.613. The van der Waals surface area contributed by atoms with Gasteiger partial charge in [-0.3, -0.25) is 9.78 Å². The minimum Gasteiger partial charge on any atom is -0.382 e. The Labute approximate surface area is 174 Å². The maximum absolute atomic E-state index is 13.0. The molecule has 2 N–H and O–H groups in total. The maximum Gasteiger partial charge on any atom is 0.224 e. The Morgan fingerprint density at radius 2 is 1.76 bits per heavy atom. The van der Waals surface area contributed by atoms with Gasteiger partial charge in [0.15, 0.2) is 0 Å². The van der Waals surface area contributed by atoms with E-state index in [1.807, 2.05) is 24.3 Å². The van der Waals surface area contributed by atoms with Crippen LogP contribution in [0.15, 0.2) is 54.7 Å². The van der Waals surface area contributed by atoms with Crippen molar-refractivity contribution in [3.05, 3.63) is 71.1 Å². The first-order chi connectivity index (χ1) is 14.1. The Balaban J connectivity index is 1.29. The molecule has 1 amide bonds. The third kappa shape index (κ3) is 5.04. The first-order valence-electron chi connectivity index (χ1n) is 9.91. The van der Waals surface area contributed by atoms with Gasteiger partial charge in [0.2, 0.25) is 5.91 Å². The molecule has 4 rings (SSSR count). The summed E-state index contributed by atoms with van der Waals surface area (Å²) in [5.41, 5.74) is 2.77. The van der Waals surface area contributed by atoms with E-state index in [0.717, 1.165) is 47.8 Å². The minimum atomic E-state index is -0.287. The van der Waals surface area contributed by atoms with Gasteiger partial charge in [0, 0.05) is 34.4 Å². The van der Waals surface area contributed by atoms with Gasteiger partial charge in [-0.05, 0) is 67.6 Å². The molecule has 3 aromatic rings. The van der Waals surface area contributed by atoms with Gasteiger partial charge < -0.3 is 10.6 Å². The summed E-state index contributed by atoms with van der Waals surface area (Å²) in [5.74, 6) is -0.296. The maximum atomic E-state index is 13.0. The molecule has 1 aromatic heterocycles. The standard InChI is InChI=1S/C23H23ClFN3O/c24-16-3-10-20-21(11-12-26-22(20)14-16)27-18-6-8-19(9-7-18)28-23(29)13-15-1-4-17(25)5-2-15/h1-5,10-12,14,18-19H,6-9,13H2,(H,26,27)(H,28,29). The molecule has 29 heavy (non-hydrogen) atoms. The van der Waals surface area contributed by atoms with Crippen LogP contribution in [0.5, 0.6) is 0 Å². The molecular formula is C23H23ClFN3O. The smallest absolute Gasteiger partial charge is 0.224 e. The van der Waals surface area contributed by atoms with E-state index < -0.39 is 0 Å². The summed E-state index contributed by atoms with van der Waals surface area (Å²) >= 11 is 6.07. The van der Waals surface area contributed by atoms with Crippen LogP contribution in [0.2, 0.25) is 5.02 Å². The lowest BCUT2D eigenvalue weighted by Crippen LogP contribution is -2.40. The number of amides is 1. The summed E-state index contributed by atoms with van der Waals surface area (Å²) in [6.07, 6.45) is 5.91. The molecule has 1 saturated carbocycles. The van der Waals surface area contributed by atoms with Crippen LogP contribution in [0.4, 0.5) is 10.1 Å². The summed E-state index contributed by atoms with van der Waals surface area (Å²) in [4.78, 5) is 16.7. The van der Waals surface area contributed by atoms with Gasteiger partial charge in [-0.2, -0.15) is 0 Å². The number of hydrogen-bond donors (Lipinski definition) is 2. The van der Waals surface area contributed by atoms with Gasteiger partial charge in [0.05, 0.1) is 11.9 Å². The van der Waals surface area contributed by atoms with Crippen LogP contribution < -0.4 is 10.6 Å². The molecular weight excluding hydrogens is 389 g/mol. The molecule has 150 valence electrons. The summed E-state index contributed by atoms with van der Waals surface area (Å²) in [5, 5.41) is 8.49. The molecule has 0 atom stereocenters. The van der Waals surface area contributed by atoms with Gasteiger partial charge in [-0.25, -0.2) is 4.39 Å². The number of nitrogens with one attached hydrogen (secondary N) is 2. The molecule has 0 unspecified atom stereocenters. The van der Waals surface area contributed by atoms with E-state index in [1.165, 1.54) is 12.1 Å². The zero-order valence-electron chi connectivity index (χ0n) is 16.0.